The van der Waals surface area contributed by atoms with Gasteiger partial charge in [0.25, 0.3) is 0 Å². The minimum absolute atomic E-state index is 0.254. The van der Waals surface area contributed by atoms with Crippen LogP contribution in [0.2, 0.25) is 0 Å². The number of hydrogen-bond acceptors (Lipinski definition) is 3. The Morgan fingerprint density at radius 1 is 1.42 bits per heavy atom. The van der Waals surface area contributed by atoms with E-state index >= 15 is 0 Å². The van der Waals surface area contributed by atoms with Crippen LogP contribution in [-0.4, -0.2) is 11.5 Å². The Labute approximate surface area is 76.3 Å². The van der Waals surface area contributed by atoms with Crippen molar-refractivity contribution in [3.05, 3.63) is 30.3 Å². The number of rotatable bonds is 3. The lowest BCUT2D eigenvalue weighted by atomic mass is 10.3. The molecule has 0 aromatic heterocycles. The molecule has 0 heterocycles. The van der Waals surface area contributed by atoms with E-state index in [4.69, 9.17) is 17.7 Å². The Kier molecular flexibility index (Phi) is 3.35. The van der Waals surface area contributed by atoms with Gasteiger partial charge in [0.05, 0.1) is 0 Å². The summed E-state index contributed by atoms with van der Waals surface area (Å²) in [5.41, 5.74) is 7.53. The molecule has 1 aromatic carbocycles. The molecule has 2 N–H and O–H groups in total. The van der Waals surface area contributed by atoms with Gasteiger partial charge in [-0.2, -0.15) is 5.11 Å². The summed E-state index contributed by atoms with van der Waals surface area (Å²) in [7, 11) is 0. The van der Waals surface area contributed by atoms with Gasteiger partial charge in [-0.05, 0) is 12.1 Å². The molecule has 0 saturated carbocycles. The number of nitrogens with zero attached hydrogens (tertiary/aromatic N) is 1. The quantitative estimate of drug-likeness (QED) is 0.553. The van der Waals surface area contributed by atoms with Gasteiger partial charge in [-0.15, -0.1) is 0 Å². The van der Waals surface area contributed by atoms with E-state index in [1.165, 1.54) is 0 Å². The molecule has 0 aliphatic heterocycles. The van der Waals surface area contributed by atoms with Crippen molar-refractivity contribution < 1.29 is 0 Å². The number of hydrogen-bond donors (Lipinski definition) is 2. The lowest BCUT2D eigenvalue weighted by molar-refractivity contribution is 1.03. The second kappa shape index (κ2) is 4.56. The molecule has 62 valence electrons. The smallest absolute Gasteiger partial charge is 0.110 e. The van der Waals surface area contributed by atoms with Crippen molar-refractivity contribution >= 4 is 22.9 Å². The summed E-state index contributed by atoms with van der Waals surface area (Å²) in [6.07, 6.45) is 0. The lowest BCUT2D eigenvalue weighted by Crippen LogP contribution is -2.11. The molecule has 1 aromatic rings. The fourth-order valence-electron chi connectivity index (χ4n) is 0.794. The molecule has 3 nitrogen and oxygen atoms in total. The molecule has 4 heteroatoms. The first-order valence-electron chi connectivity index (χ1n) is 3.51. The van der Waals surface area contributed by atoms with Crippen LogP contribution in [0.15, 0.2) is 35.4 Å². The number of anilines is 1. The summed E-state index contributed by atoms with van der Waals surface area (Å²) in [4.78, 5) is 0.566. The zero-order valence-electron chi connectivity index (χ0n) is 6.45. The molecule has 0 fully saturated rings. The Hall–Kier alpha value is -1.29. The molecular weight excluding hydrogens is 170 g/mol. The standard InChI is InChI=1S/C8H9N3S/c9-10-6-8(12)11-7-4-2-1-3-5-7/h1-5,9H,6H2,(H,11,12). The van der Waals surface area contributed by atoms with Crippen LogP contribution >= 0.6 is 12.2 Å². The molecule has 0 atom stereocenters. The van der Waals surface area contributed by atoms with Crippen LogP contribution in [0.25, 0.3) is 0 Å². The van der Waals surface area contributed by atoms with Gasteiger partial charge >= 0.3 is 0 Å². The average molecular weight is 179 g/mol. The predicted octanol–water partition coefficient (Wildman–Crippen LogP) is 2.46. The highest BCUT2D eigenvalue weighted by molar-refractivity contribution is 7.80. The molecule has 0 radical (unpaired) electrons. The SMILES string of the molecule is N=NCC(=S)Nc1ccccc1. The summed E-state index contributed by atoms with van der Waals surface area (Å²) in [5.74, 6) is 0. The van der Waals surface area contributed by atoms with Gasteiger partial charge in [0.15, 0.2) is 0 Å². The fraction of sp³-hybridized carbons (Fsp3) is 0.125. The van der Waals surface area contributed by atoms with Crippen molar-refractivity contribution in [2.75, 3.05) is 11.9 Å². The van der Waals surface area contributed by atoms with Gasteiger partial charge in [-0.3, -0.25) is 0 Å². The van der Waals surface area contributed by atoms with E-state index in [0.29, 0.717) is 4.99 Å². The number of thiocarbonyl (C=S) groups is 1. The average Bonchev–Trinajstić information content (AvgIpc) is 2.06. The second-order valence-electron chi connectivity index (χ2n) is 2.23. The number of nitrogens with one attached hydrogen (secondary N) is 2. The van der Waals surface area contributed by atoms with E-state index < -0.39 is 0 Å². The first-order valence-corrected chi connectivity index (χ1v) is 3.92. The predicted molar refractivity (Wildman–Crippen MR) is 52.7 cm³/mol. The lowest BCUT2D eigenvalue weighted by Gasteiger charge is -2.03. The molecule has 1 rings (SSSR count). The van der Waals surface area contributed by atoms with Crippen molar-refractivity contribution in [3.63, 3.8) is 0 Å². The van der Waals surface area contributed by atoms with Crippen LogP contribution in [0, 0.1) is 5.53 Å². The van der Waals surface area contributed by atoms with Gasteiger partial charge in [-0.1, -0.05) is 30.4 Å². The maximum Gasteiger partial charge on any atom is 0.110 e. The summed E-state index contributed by atoms with van der Waals surface area (Å²) in [5, 5.41) is 6.14. The fourth-order valence-corrected chi connectivity index (χ4v) is 0.976. The Balaban J connectivity index is 2.52. The summed E-state index contributed by atoms with van der Waals surface area (Å²) in [6.45, 7) is 0.254. The highest BCUT2D eigenvalue weighted by Crippen LogP contribution is 2.04. The number of benzene rings is 1. The summed E-state index contributed by atoms with van der Waals surface area (Å²) < 4.78 is 0. The molecule has 0 spiro atoms. The molecule has 0 unspecified atom stereocenters. The third-order valence-electron chi connectivity index (χ3n) is 1.28. The molecule has 0 amide bonds. The summed E-state index contributed by atoms with van der Waals surface area (Å²) in [6, 6.07) is 9.60. The number of para-hydroxylation sites is 1. The van der Waals surface area contributed by atoms with Gasteiger partial charge in [0.1, 0.15) is 11.5 Å². The highest BCUT2D eigenvalue weighted by atomic mass is 32.1. The van der Waals surface area contributed by atoms with E-state index in [-0.39, 0.29) is 6.54 Å². The van der Waals surface area contributed by atoms with E-state index in [2.05, 4.69) is 10.4 Å². The summed E-state index contributed by atoms with van der Waals surface area (Å²) >= 11 is 4.91. The third-order valence-corrected chi connectivity index (χ3v) is 1.51. The third kappa shape index (κ3) is 2.75. The van der Waals surface area contributed by atoms with Crippen LogP contribution in [0.1, 0.15) is 0 Å². The van der Waals surface area contributed by atoms with Gasteiger partial charge in [-0.25, -0.2) is 5.53 Å². The van der Waals surface area contributed by atoms with Gasteiger partial charge < -0.3 is 5.32 Å². The normalized spacial score (nSPS) is 9.00. The van der Waals surface area contributed by atoms with Crippen molar-refractivity contribution in [1.29, 1.82) is 5.53 Å². The first kappa shape index (κ1) is 8.80. The largest absolute Gasteiger partial charge is 0.348 e. The highest BCUT2D eigenvalue weighted by Gasteiger charge is 1.93. The zero-order valence-corrected chi connectivity index (χ0v) is 7.27. The van der Waals surface area contributed by atoms with Crippen LogP contribution in [0.3, 0.4) is 0 Å². The molecule has 0 aliphatic carbocycles. The maximum atomic E-state index is 6.60. The molecular formula is C8H9N3S. The second-order valence-corrected chi connectivity index (χ2v) is 2.72. The Bertz CT molecular complexity index is 271. The first-order chi connectivity index (χ1) is 5.83. The van der Waals surface area contributed by atoms with E-state index in [0.717, 1.165) is 5.69 Å². The Morgan fingerprint density at radius 3 is 2.67 bits per heavy atom. The van der Waals surface area contributed by atoms with Crippen molar-refractivity contribution in [1.82, 2.24) is 0 Å². The molecule has 0 bridgehead atoms. The van der Waals surface area contributed by atoms with Crippen molar-refractivity contribution in [2.24, 2.45) is 5.11 Å². The van der Waals surface area contributed by atoms with E-state index in [1.54, 1.807) is 0 Å². The molecule has 12 heavy (non-hydrogen) atoms. The van der Waals surface area contributed by atoms with Crippen LogP contribution in [0.5, 0.6) is 0 Å². The van der Waals surface area contributed by atoms with Crippen molar-refractivity contribution in [2.45, 2.75) is 0 Å². The maximum absolute atomic E-state index is 6.60. The van der Waals surface area contributed by atoms with Crippen LogP contribution in [0.4, 0.5) is 5.69 Å². The van der Waals surface area contributed by atoms with E-state index in [9.17, 15) is 0 Å². The minimum atomic E-state index is 0.254. The van der Waals surface area contributed by atoms with E-state index in [1.807, 2.05) is 30.3 Å². The monoisotopic (exact) mass is 179 g/mol. The van der Waals surface area contributed by atoms with Gasteiger partial charge in [0, 0.05) is 5.69 Å². The zero-order chi connectivity index (χ0) is 8.81. The minimum Gasteiger partial charge on any atom is -0.348 e. The van der Waals surface area contributed by atoms with Crippen LogP contribution in [-0.2, 0) is 0 Å². The molecule has 0 saturated heterocycles. The molecule has 0 aliphatic rings. The van der Waals surface area contributed by atoms with Gasteiger partial charge in [0.2, 0.25) is 0 Å². The van der Waals surface area contributed by atoms with Crippen LogP contribution < -0.4 is 5.32 Å². The Morgan fingerprint density at radius 2 is 2.08 bits per heavy atom. The van der Waals surface area contributed by atoms with Crippen molar-refractivity contribution in [3.8, 4) is 0 Å². The topological polar surface area (TPSA) is 48.2 Å².